The van der Waals surface area contributed by atoms with Crippen LogP contribution in [0.1, 0.15) is 72.9 Å². The molecule has 6 heteroatoms. The maximum absolute atomic E-state index is 12.2. The van der Waals surface area contributed by atoms with Gasteiger partial charge >= 0.3 is 13.2 Å². The Morgan fingerprint density at radius 1 is 1.10 bits per heavy atom. The average Bonchev–Trinajstić information content (AvgIpc) is 2.79. The van der Waals surface area contributed by atoms with Gasteiger partial charge in [-0.05, 0) is 71.5 Å². The zero-order valence-corrected chi connectivity index (χ0v) is 19.2. The topological polar surface area (TPSA) is 56.8 Å². The van der Waals surface area contributed by atoms with Crippen molar-refractivity contribution in [1.29, 1.82) is 0 Å². The minimum atomic E-state index is -0.548. The van der Waals surface area contributed by atoms with Crippen LogP contribution in [-0.2, 0) is 20.5 Å². The Hall–Kier alpha value is -1.79. The van der Waals surface area contributed by atoms with Crippen LogP contribution in [0.3, 0.4) is 0 Å². The summed E-state index contributed by atoms with van der Waals surface area (Å²) >= 11 is 0. The molecule has 1 N–H and O–H groups in total. The number of alkyl carbamates (subject to hydrolysis) is 1. The van der Waals surface area contributed by atoms with E-state index < -0.39 is 30.0 Å². The Balaban J connectivity index is 2.22. The van der Waals surface area contributed by atoms with Gasteiger partial charge in [-0.3, -0.25) is 0 Å². The number of benzene rings is 1. The van der Waals surface area contributed by atoms with Gasteiger partial charge in [-0.15, -0.1) is 0 Å². The van der Waals surface area contributed by atoms with Crippen LogP contribution < -0.4 is 5.32 Å². The Kier molecular flexibility index (Phi) is 7.23. The highest BCUT2D eigenvalue weighted by Gasteiger charge is 2.52. The maximum atomic E-state index is 12.2. The van der Waals surface area contributed by atoms with E-state index in [2.05, 4.69) is 36.5 Å². The Bertz CT molecular complexity index is 716. The Morgan fingerprint density at radius 2 is 1.66 bits per heavy atom. The quantitative estimate of drug-likeness (QED) is 0.668. The van der Waals surface area contributed by atoms with Crippen molar-refractivity contribution in [3.63, 3.8) is 0 Å². The van der Waals surface area contributed by atoms with Crippen LogP contribution in [0, 0.1) is 0 Å². The van der Waals surface area contributed by atoms with Crippen molar-refractivity contribution >= 4 is 19.3 Å². The van der Waals surface area contributed by atoms with Gasteiger partial charge in [0.1, 0.15) is 5.60 Å². The molecular formula is C23H36BNO4. The summed E-state index contributed by atoms with van der Waals surface area (Å²) in [6.07, 6.45) is 3.75. The number of hydrogen-bond acceptors (Lipinski definition) is 4. The lowest BCUT2D eigenvalue weighted by Gasteiger charge is -2.32. The van der Waals surface area contributed by atoms with Crippen LogP contribution >= 0.6 is 0 Å². The van der Waals surface area contributed by atoms with Crippen molar-refractivity contribution in [1.82, 2.24) is 5.32 Å². The average molecular weight is 401 g/mol. The van der Waals surface area contributed by atoms with Gasteiger partial charge in [-0.2, -0.15) is 0 Å². The summed E-state index contributed by atoms with van der Waals surface area (Å²) in [5.74, 6) is 0. The molecule has 2 rings (SSSR count). The first-order valence-corrected chi connectivity index (χ1v) is 10.4. The second-order valence-electron chi connectivity index (χ2n) is 9.65. The van der Waals surface area contributed by atoms with Crippen LogP contribution in [-0.4, -0.2) is 36.6 Å². The van der Waals surface area contributed by atoms with Gasteiger partial charge in [0.2, 0.25) is 0 Å². The fourth-order valence-electron chi connectivity index (χ4n) is 2.97. The van der Waals surface area contributed by atoms with E-state index in [9.17, 15) is 4.79 Å². The first-order valence-electron chi connectivity index (χ1n) is 10.4. The Morgan fingerprint density at radius 3 is 2.14 bits per heavy atom. The van der Waals surface area contributed by atoms with E-state index in [1.165, 1.54) is 5.56 Å². The number of ether oxygens (including phenoxy) is 1. The fourth-order valence-corrected chi connectivity index (χ4v) is 2.97. The van der Waals surface area contributed by atoms with Gasteiger partial charge in [-0.1, -0.05) is 43.7 Å². The van der Waals surface area contributed by atoms with Crippen molar-refractivity contribution < 1.29 is 18.8 Å². The molecule has 1 aromatic carbocycles. The zero-order chi connectivity index (χ0) is 21.9. The normalized spacial score (nSPS) is 18.6. The molecule has 0 bridgehead atoms. The monoisotopic (exact) mass is 401 g/mol. The summed E-state index contributed by atoms with van der Waals surface area (Å²) < 4.78 is 17.8. The summed E-state index contributed by atoms with van der Waals surface area (Å²) in [5.41, 5.74) is 1.75. The molecular weight excluding hydrogens is 365 g/mol. The molecule has 1 heterocycles. The number of aryl methyl sites for hydroxylation is 1. The van der Waals surface area contributed by atoms with Crippen LogP contribution in [0.4, 0.5) is 4.79 Å². The SMILES string of the molecule is CCCc1ccc(C=C(CNC(=O)OC(C)(C)C)B2OC(C)(C)C(C)(C)O2)cc1. The van der Waals surface area contributed by atoms with Crippen molar-refractivity contribution in [2.45, 2.75) is 85.0 Å². The highest BCUT2D eigenvalue weighted by molar-refractivity contribution is 6.56. The molecule has 1 aliphatic heterocycles. The van der Waals surface area contributed by atoms with E-state index in [1.807, 2.05) is 54.5 Å². The first kappa shape index (κ1) is 23.5. The number of amides is 1. The summed E-state index contributed by atoms with van der Waals surface area (Å²) in [6.45, 7) is 16.1. The lowest BCUT2D eigenvalue weighted by atomic mass is 9.77. The molecule has 1 amide bonds. The van der Waals surface area contributed by atoms with Crippen molar-refractivity contribution in [2.75, 3.05) is 6.54 Å². The minimum absolute atomic E-state index is 0.280. The lowest BCUT2D eigenvalue weighted by Crippen LogP contribution is -2.41. The van der Waals surface area contributed by atoms with Gasteiger partial charge in [-0.25, -0.2) is 4.79 Å². The van der Waals surface area contributed by atoms with E-state index >= 15 is 0 Å². The predicted octanol–water partition coefficient (Wildman–Crippen LogP) is 5.18. The highest BCUT2D eigenvalue weighted by atomic mass is 16.7. The van der Waals surface area contributed by atoms with E-state index in [1.54, 1.807) is 0 Å². The summed E-state index contributed by atoms with van der Waals surface area (Å²) in [6, 6.07) is 8.45. The highest BCUT2D eigenvalue weighted by Crippen LogP contribution is 2.38. The molecule has 5 nitrogen and oxygen atoms in total. The third-order valence-electron chi connectivity index (χ3n) is 5.26. The standard InChI is InChI=1S/C23H36BNO4/c1-9-10-17-11-13-18(14-12-17)15-19(16-25-20(26)27-21(2,3)4)24-28-22(5,6)23(7,8)29-24/h11-15H,9-10,16H2,1-8H3,(H,25,26). The van der Waals surface area contributed by atoms with Crippen molar-refractivity contribution in [3.8, 4) is 0 Å². The molecule has 0 unspecified atom stereocenters. The Labute approximate surface area is 176 Å². The molecule has 0 saturated carbocycles. The molecule has 1 saturated heterocycles. The fraction of sp³-hybridized carbons (Fsp3) is 0.609. The molecule has 29 heavy (non-hydrogen) atoms. The van der Waals surface area contributed by atoms with Gasteiger partial charge in [0.05, 0.1) is 11.2 Å². The van der Waals surface area contributed by atoms with Gasteiger partial charge < -0.3 is 19.4 Å². The van der Waals surface area contributed by atoms with E-state index in [-0.39, 0.29) is 6.54 Å². The molecule has 0 aliphatic carbocycles. The van der Waals surface area contributed by atoms with Gasteiger partial charge in [0.25, 0.3) is 0 Å². The van der Waals surface area contributed by atoms with Crippen LogP contribution in [0.25, 0.3) is 6.08 Å². The molecule has 0 aromatic heterocycles. The van der Waals surface area contributed by atoms with E-state index in [0.717, 1.165) is 23.9 Å². The van der Waals surface area contributed by atoms with Crippen LogP contribution in [0.2, 0.25) is 0 Å². The molecule has 0 spiro atoms. The second kappa shape index (κ2) is 8.92. The number of rotatable bonds is 6. The summed E-state index contributed by atoms with van der Waals surface area (Å²) in [4.78, 5) is 12.2. The minimum Gasteiger partial charge on any atom is -0.444 e. The van der Waals surface area contributed by atoms with E-state index in [4.69, 9.17) is 14.0 Å². The van der Waals surface area contributed by atoms with Gasteiger partial charge in [0, 0.05) is 6.54 Å². The first-order chi connectivity index (χ1) is 13.3. The second-order valence-corrected chi connectivity index (χ2v) is 9.65. The van der Waals surface area contributed by atoms with E-state index in [0.29, 0.717) is 0 Å². The predicted molar refractivity (Wildman–Crippen MR) is 119 cm³/mol. The number of nitrogens with one attached hydrogen (secondary N) is 1. The molecule has 0 radical (unpaired) electrons. The number of hydrogen-bond donors (Lipinski definition) is 1. The molecule has 1 aromatic rings. The molecule has 0 atom stereocenters. The lowest BCUT2D eigenvalue weighted by molar-refractivity contribution is 0.00578. The largest absolute Gasteiger partial charge is 0.492 e. The molecule has 1 aliphatic rings. The maximum Gasteiger partial charge on any atom is 0.492 e. The van der Waals surface area contributed by atoms with Crippen LogP contribution in [0.15, 0.2) is 29.7 Å². The summed E-state index contributed by atoms with van der Waals surface area (Å²) in [7, 11) is -0.537. The smallest absolute Gasteiger partial charge is 0.444 e. The molecule has 160 valence electrons. The number of carbonyl (C=O) groups is 1. The third kappa shape index (κ3) is 6.61. The van der Waals surface area contributed by atoms with Crippen LogP contribution in [0.5, 0.6) is 0 Å². The van der Waals surface area contributed by atoms with Crippen molar-refractivity contribution in [3.05, 3.63) is 40.9 Å². The number of carbonyl (C=O) groups excluding carboxylic acids is 1. The summed E-state index contributed by atoms with van der Waals surface area (Å²) in [5, 5.41) is 2.83. The van der Waals surface area contributed by atoms with Gasteiger partial charge in [0.15, 0.2) is 0 Å². The van der Waals surface area contributed by atoms with Crippen molar-refractivity contribution in [2.24, 2.45) is 0 Å². The third-order valence-corrected chi connectivity index (χ3v) is 5.26. The molecule has 1 fully saturated rings. The zero-order valence-electron chi connectivity index (χ0n) is 19.2.